The Labute approximate surface area is 68.0 Å². The average Bonchev–Trinajstić information content (AvgIpc) is 2.07. The number of rotatable bonds is 3. The van der Waals surface area contributed by atoms with Crippen LogP contribution in [0.5, 0.6) is 0 Å². The zero-order valence-electron chi connectivity index (χ0n) is 7.05. The Morgan fingerprint density at radius 2 is 1.73 bits per heavy atom. The van der Waals surface area contributed by atoms with Gasteiger partial charge in [-0.2, -0.15) is 0 Å². The van der Waals surface area contributed by atoms with Crippen molar-refractivity contribution in [2.45, 2.75) is 6.92 Å². The lowest BCUT2D eigenvalue weighted by molar-refractivity contribution is 0.150. The van der Waals surface area contributed by atoms with Gasteiger partial charge in [0.15, 0.2) is 0 Å². The van der Waals surface area contributed by atoms with E-state index in [1.165, 1.54) is 0 Å². The number of nitrogens with zero attached hydrogens (tertiary/aromatic N) is 2. The highest BCUT2D eigenvalue weighted by Gasteiger charge is 2.14. The maximum atomic E-state index is 10.0. The number of hydrogen-bond acceptors (Lipinski definition) is 3. The summed E-state index contributed by atoms with van der Waals surface area (Å²) in [5.74, 6) is 0. The van der Waals surface area contributed by atoms with E-state index in [2.05, 4.69) is 16.7 Å². The van der Waals surface area contributed by atoms with Crippen LogP contribution in [0.1, 0.15) is 6.92 Å². The van der Waals surface area contributed by atoms with Crippen molar-refractivity contribution in [3.8, 4) is 0 Å². The third kappa shape index (κ3) is 2.60. The predicted octanol–water partition coefficient (Wildman–Crippen LogP) is -0.266. The van der Waals surface area contributed by atoms with Crippen molar-refractivity contribution in [3.63, 3.8) is 0 Å². The summed E-state index contributed by atoms with van der Waals surface area (Å²) in [7, 11) is 0. The number of hydrogen-bond donors (Lipinski definition) is 0. The highest BCUT2D eigenvalue weighted by molar-refractivity contribution is 5.53. The predicted molar refractivity (Wildman–Crippen MR) is 44.2 cm³/mol. The molecule has 0 aliphatic carbocycles. The fourth-order valence-electron chi connectivity index (χ4n) is 1.35. The SMILES string of the molecule is CCN1CCN(C[C]=O)CC1. The van der Waals surface area contributed by atoms with Gasteiger partial charge >= 0.3 is 0 Å². The molecule has 1 radical (unpaired) electrons. The maximum absolute atomic E-state index is 10.0. The van der Waals surface area contributed by atoms with Crippen LogP contribution < -0.4 is 0 Å². The van der Waals surface area contributed by atoms with Gasteiger partial charge in [0.05, 0.1) is 6.54 Å². The molecule has 1 aliphatic rings. The Balaban J connectivity index is 2.18. The van der Waals surface area contributed by atoms with Crippen LogP contribution in [0.4, 0.5) is 0 Å². The monoisotopic (exact) mass is 155 g/mol. The number of likely N-dealkylation sites (N-methyl/N-ethyl adjacent to an activating group) is 1. The zero-order valence-corrected chi connectivity index (χ0v) is 7.05. The third-order valence-corrected chi connectivity index (χ3v) is 2.20. The summed E-state index contributed by atoms with van der Waals surface area (Å²) in [5, 5.41) is 0. The van der Waals surface area contributed by atoms with E-state index in [4.69, 9.17) is 0 Å². The van der Waals surface area contributed by atoms with Gasteiger partial charge in [-0.05, 0) is 6.54 Å². The molecular weight excluding hydrogens is 140 g/mol. The quantitative estimate of drug-likeness (QED) is 0.560. The standard InChI is InChI=1S/C8H15N2O/c1-2-9-3-5-10(6-4-9)7-8-11/h2-7H2,1H3. The van der Waals surface area contributed by atoms with Crippen LogP contribution in [-0.2, 0) is 4.79 Å². The second kappa shape index (κ2) is 4.46. The van der Waals surface area contributed by atoms with E-state index >= 15 is 0 Å². The highest BCUT2D eigenvalue weighted by Crippen LogP contribution is 1.98. The smallest absolute Gasteiger partial charge is 0.213 e. The van der Waals surface area contributed by atoms with E-state index in [0.717, 1.165) is 32.7 Å². The van der Waals surface area contributed by atoms with E-state index in [1.807, 2.05) is 6.29 Å². The van der Waals surface area contributed by atoms with Crippen molar-refractivity contribution >= 4 is 6.29 Å². The van der Waals surface area contributed by atoms with Gasteiger partial charge < -0.3 is 4.90 Å². The minimum Gasteiger partial charge on any atom is -0.301 e. The highest BCUT2D eigenvalue weighted by atomic mass is 16.1. The van der Waals surface area contributed by atoms with Crippen molar-refractivity contribution in [1.29, 1.82) is 0 Å². The Kier molecular flexibility index (Phi) is 3.52. The molecule has 0 aromatic heterocycles. The van der Waals surface area contributed by atoms with Crippen molar-refractivity contribution in [2.75, 3.05) is 39.3 Å². The lowest BCUT2D eigenvalue weighted by Crippen LogP contribution is -2.46. The molecule has 0 unspecified atom stereocenters. The largest absolute Gasteiger partial charge is 0.301 e. The molecule has 1 fully saturated rings. The van der Waals surface area contributed by atoms with Crippen LogP contribution >= 0.6 is 0 Å². The van der Waals surface area contributed by atoms with Gasteiger partial charge in [-0.15, -0.1) is 0 Å². The molecule has 1 aliphatic heterocycles. The molecule has 0 bridgehead atoms. The first-order valence-electron chi connectivity index (χ1n) is 4.16. The van der Waals surface area contributed by atoms with E-state index < -0.39 is 0 Å². The van der Waals surface area contributed by atoms with Gasteiger partial charge in [-0.3, -0.25) is 9.69 Å². The van der Waals surface area contributed by atoms with Gasteiger partial charge in [0, 0.05) is 26.2 Å². The molecule has 0 aromatic rings. The molecule has 1 heterocycles. The van der Waals surface area contributed by atoms with Crippen molar-refractivity contribution in [1.82, 2.24) is 9.80 Å². The van der Waals surface area contributed by atoms with Gasteiger partial charge in [-0.1, -0.05) is 6.92 Å². The van der Waals surface area contributed by atoms with Crippen LogP contribution in [-0.4, -0.2) is 55.4 Å². The normalized spacial score (nSPS) is 21.9. The lowest BCUT2D eigenvalue weighted by atomic mass is 10.3. The average molecular weight is 155 g/mol. The van der Waals surface area contributed by atoms with Crippen molar-refractivity contribution < 1.29 is 4.79 Å². The molecule has 0 aromatic carbocycles. The molecule has 0 atom stereocenters. The van der Waals surface area contributed by atoms with E-state index in [-0.39, 0.29) is 0 Å². The third-order valence-electron chi connectivity index (χ3n) is 2.20. The van der Waals surface area contributed by atoms with E-state index in [9.17, 15) is 4.79 Å². The Morgan fingerprint density at radius 1 is 1.18 bits per heavy atom. The zero-order chi connectivity index (χ0) is 8.10. The Hall–Kier alpha value is -0.410. The summed E-state index contributed by atoms with van der Waals surface area (Å²) in [5.41, 5.74) is 0. The molecule has 0 amide bonds. The van der Waals surface area contributed by atoms with Gasteiger partial charge in [0.2, 0.25) is 6.29 Å². The Bertz CT molecular complexity index is 119. The summed E-state index contributed by atoms with van der Waals surface area (Å²) in [6.45, 7) is 8.00. The molecule has 1 rings (SSSR count). The molecule has 63 valence electrons. The number of piperazine rings is 1. The van der Waals surface area contributed by atoms with Crippen LogP contribution in [0.3, 0.4) is 0 Å². The van der Waals surface area contributed by atoms with Gasteiger partial charge in [0.25, 0.3) is 0 Å². The summed E-state index contributed by atoms with van der Waals surface area (Å²) in [4.78, 5) is 14.6. The molecule has 11 heavy (non-hydrogen) atoms. The summed E-state index contributed by atoms with van der Waals surface area (Å²) < 4.78 is 0. The first kappa shape index (κ1) is 8.68. The van der Waals surface area contributed by atoms with Crippen LogP contribution in [0.25, 0.3) is 0 Å². The molecule has 0 saturated carbocycles. The molecule has 0 spiro atoms. The van der Waals surface area contributed by atoms with Gasteiger partial charge in [-0.25, -0.2) is 0 Å². The molecule has 1 saturated heterocycles. The van der Waals surface area contributed by atoms with E-state index in [1.54, 1.807) is 0 Å². The topological polar surface area (TPSA) is 23.6 Å². The summed E-state index contributed by atoms with van der Waals surface area (Å²) in [6, 6.07) is 0. The van der Waals surface area contributed by atoms with Crippen molar-refractivity contribution in [3.05, 3.63) is 0 Å². The maximum Gasteiger partial charge on any atom is 0.213 e. The van der Waals surface area contributed by atoms with Crippen molar-refractivity contribution in [2.24, 2.45) is 0 Å². The first-order chi connectivity index (χ1) is 5.36. The second-order valence-electron chi connectivity index (χ2n) is 2.85. The molecular formula is C8H15N2O. The second-order valence-corrected chi connectivity index (χ2v) is 2.85. The minimum absolute atomic E-state index is 0.484. The summed E-state index contributed by atoms with van der Waals surface area (Å²) >= 11 is 0. The minimum atomic E-state index is 0.484. The fraction of sp³-hybridized carbons (Fsp3) is 0.875. The van der Waals surface area contributed by atoms with E-state index in [0.29, 0.717) is 6.54 Å². The first-order valence-corrected chi connectivity index (χ1v) is 4.16. The molecule has 3 heteroatoms. The summed E-state index contributed by atoms with van der Waals surface area (Å²) in [6.07, 6.45) is 1.93. The number of carbonyl (C=O) groups excluding carboxylic acids is 1. The molecule has 0 N–H and O–H groups in total. The fourth-order valence-corrected chi connectivity index (χ4v) is 1.35. The van der Waals surface area contributed by atoms with Crippen LogP contribution in [0, 0.1) is 0 Å². The molecule has 3 nitrogen and oxygen atoms in total. The lowest BCUT2D eigenvalue weighted by Gasteiger charge is -2.32. The van der Waals surface area contributed by atoms with Crippen LogP contribution in [0.2, 0.25) is 0 Å². The van der Waals surface area contributed by atoms with Crippen LogP contribution in [0.15, 0.2) is 0 Å². The van der Waals surface area contributed by atoms with Gasteiger partial charge in [0.1, 0.15) is 0 Å². The Morgan fingerprint density at radius 3 is 2.18 bits per heavy atom.